The summed E-state index contributed by atoms with van der Waals surface area (Å²) in [5, 5.41) is 17.8. The number of aliphatic carboxylic acids is 1. The van der Waals surface area contributed by atoms with E-state index in [1.54, 1.807) is 0 Å². The molecule has 1 aliphatic rings. The van der Waals surface area contributed by atoms with Crippen molar-refractivity contribution in [2.45, 2.75) is 31.4 Å². The number of nitrogens with two attached hydrogens (primary N) is 1. The zero-order valence-electron chi connectivity index (χ0n) is 6.23. The Morgan fingerprint density at radius 2 is 2.18 bits per heavy atom. The predicted molar refractivity (Wildman–Crippen MR) is 39.0 cm³/mol. The zero-order valence-corrected chi connectivity index (χ0v) is 6.23. The van der Waals surface area contributed by atoms with Crippen LogP contribution in [0.5, 0.6) is 0 Å². The maximum atomic E-state index is 10.4. The first-order valence-corrected chi connectivity index (χ1v) is 3.79. The van der Waals surface area contributed by atoms with E-state index in [9.17, 15) is 9.90 Å². The summed E-state index contributed by atoms with van der Waals surface area (Å²) in [6.45, 7) is 0. The van der Waals surface area contributed by atoms with E-state index in [1.807, 2.05) is 0 Å². The standard InChI is InChI=1S/C7H13NO3/c8-6(7(10)11)4-2-1-3-5(4)9/h4-6,9H,1-3,8H2,(H,10,11)/t4-,5?,6-/m0/s1. The van der Waals surface area contributed by atoms with Crippen molar-refractivity contribution in [2.75, 3.05) is 0 Å². The van der Waals surface area contributed by atoms with Gasteiger partial charge in [-0.15, -0.1) is 0 Å². The van der Waals surface area contributed by atoms with Crippen molar-refractivity contribution in [1.29, 1.82) is 0 Å². The van der Waals surface area contributed by atoms with Crippen LogP contribution >= 0.6 is 0 Å². The molecule has 1 rings (SSSR count). The van der Waals surface area contributed by atoms with Gasteiger partial charge in [0.2, 0.25) is 0 Å². The highest BCUT2D eigenvalue weighted by Gasteiger charge is 2.33. The first-order valence-electron chi connectivity index (χ1n) is 3.79. The SMILES string of the molecule is N[C@H](C(=O)O)[C@H]1CCCC1O. The van der Waals surface area contributed by atoms with Crippen molar-refractivity contribution in [3.63, 3.8) is 0 Å². The molecule has 4 N–H and O–H groups in total. The fraction of sp³-hybridized carbons (Fsp3) is 0.857. The summed E-state index contributed by atoms with van der Waals surface area (Å²) < 4.78 is 0. The normalized spacial score (nSPS) is 33.6. The summed E-state index contributed by atoms with van der Waals surface area (Å²) in [4.78, 5) is 10.4. The van der Waals surface area contributed by atoms with Crippen LogP contribution in [-0.4, -0.2) is 28.3 Å². The van der Waals surface area contributed by atoms with Gasteiger partial charge in [0.05, 0.1) is 6.10 Å². The van der Waals surface area contributed by atoms with Crippen LogP contribution in [0.3, 0.4) is 0 Å². The Kier molecular flexibility index (Phi) is 2.46. The Morgan fingerprint density at radius 3 is 2.55 bits per heavy atom. The van der Waals surface area contributed by atoms with Crippen molar-refractivity contribution in [3.8, 4) is 0 Å². The number of rotatable bonds is 2. The second-order valence-corrected chi connectivity index (χ2v) is 3.03. The second-order valence-electron chi connectivity index (χ2n) is 3.03. The maximum Gasteiger partial charge on any atom is 0.320 e. The molecule has 0 spiro atoms. The molecule has 11 heavy (non-hydrogen) atoms. The van der Waals surface area contributed by atoms with Gasteiger partial charge in [-0.25, -0.2) is 0 Å². The number of hydrogen-bond acceptors (Lipinski definition) is 3. The van der Waals surface area contributed by atoms with E-state index in [-0.39, 0.29) is 5.92 Å². The molecule has 4 nitrogen and oxygen atoms in total. The number of carbonyl (C=O) groups is 1. The molecule has 0 radical (unpaired) electrons. The van der Waals surface area contributed by atoms with Gasteiger partial charge < -0.3 is 15.9 Å². The first-order chi connectivity index (χ1) is 5.13. The van der Waals surface area contributed by atoms with Crippen molar-refractivity contribution in [2.24, 2.45) is 11.7 Å². The molecule has 3 atom stereocenters. The van der Waals surface area contributed by atoms with Gasteiger partial charge in [0, 0.05) is 5.92 Å². The van der Waals surface area contributed by atoms with E-state index < -0.39 is 18.1 Å². The van der Waals surface area contributed by atoms with Gasteiger partial charge >= 0.3 is 5.97 Å². The second kappa shape index (κ2) is 3.19. The number of carboxylic acids is 1. The van der Waals surface area contributed by atoms with Crippen LogP contribution in [-0.2, 0) is 4.79 Å². The average molecular weight is 159 g/mol. The van der Waals surface area contributed by atoms with Crippen LogP contribution in [0, 0.1) is 5.92 Å². The molecular formula is C7H13NO3. The molecule has 4 heteroatoms. The summed E-state index contributed by atoms with van der Waals surface area (Å²) in [6, 6.07) is -0.896. The Hall–Kier alpha value is -0.610. The Labute approximate surface area is 65.0 Å². The molecule has 0 bridgehead atoms. The number of hydrogen-bond donors (Lipinski definition) is 3. The zero-order chi connectivity index (χ0) is 8.43. The Bertz CT molecular complexity index is 160. The first kappa shape index (κ1) is 8.49. The summed E-state index contributed by atoms with van der Waals surface area (Å²) in [5.41, 5.74) is 5.35. The quantitative estimate of drug-likeness (QED) is 0.510. The predicted octanol–water partition coefficient (Wildman–Crippen LogP) is -0.441. The van der Waals surface area contributed by atoms with Gasteiger partial charge in [-0.2, -0.15) is 0 Å². The minimum absolute atomic E-state index is 0.243. The van der Waals surface area contributed by atoms with Gasteiger partial charge in [-0.05, 0) is 12.8 Å². The van der Waals surface area contributed by atoms with E-state index in [4.69, 9.17) is 10.8 Å². The molecule has 0 aromatic heterocycles. The molecule has 64 valence electrons. The van der Waals surface area contributed by atoms with Crippen LogP contribution in [0.25, 0.3) is 0 Å². The number of aliphatic hydroxyl groups is 1. The smallest absolute Gasteiger partial charge is 0.320 e. The van der Waals surface area contributed by atoms with E-state index >= 15 is 0 Å². The highest BCUT2D eigenvalue weighted by Crippen LogP contribution is 2.27. The summed E-state index contributed by atoms with van der Waals surface area (Å²) in [6.07, 6.45) is 1.79. The van der Waals surface area contributed by atoms with Crippen molar-refractivity contribution in [3.05, 3.63) is 0 Å². The van der Waals surface area contributed by atoms with E-state index in [0.29, 0.717) is 6.42 Å². The maximum absolute atomic E-state index is 10.4. The van der Waals surface area contributed by atoms with Crippen LogP contribution in [0.1, 0.15) is 19.3 Å². The summed E-state index contributed by atoms with van der Waals surface area (Å²) in [5.74, 6) is -1.26. The summed E-state index contributed by atoms with van der Waals surface area (Å²) >= 11 is 0. The lowest BCUT2D eigenvalue weighted by molar-refractivity contribution is -0.140. The van der Waals surface area contributed by atoms with E-state index in [1.165, 1.54) is 0 Å². The highest BCUT2D eigenvalue weighted by atomic mass is 16.4. The fourth-order valence-electron chi connectivity index (χ4n) is 1.57. The molecule has 1 saturated carbocycles. The molecule has 0 amide bonds. The minimum atomic E-state index is -1.02. The lowest BCUT2D eigenvalue weighted by atomic mass is 9.97. The minimum Gasteiger partial charge on any atom is -0.480 e. The lowest BCUT2D eigenvalue weighted by Crippen LogP contribution is -2.41. The van der Waals surface area contributed by atoms with Crippen molar-refractivity contribution < 1.29 is 15.0 Å². The summed E-state index contributed by atoms with van der Waals surface area (Å²) in [7, 11) is 0. The number of carboxylic acid groups (broad SMARTS) is 1. The van der Waals surface area contributed by atoms with Crippen LogP contribution < -0.4 is 5.73 Å². The van der Waals surface area contributed by atoms with E-state index in [2.05, 4.69) is 0 Å². The molecule has 0 aliphatic heterocycles. The van der Waals surface area contributed by atoms with Crippen molar-refractivity contribution in [1.82, 2.24) is 0 Å². The van der Waals surface area contributed by atoms with Gasteiger partial charge in [-0.1, -0.05) is 6.42 Å². The average Bonchev–Trinajstić information content (AvgIpc) is 2.33. The van der Waals surface area contributed by atoms with Crippen molar-refractivity contribution >= 4 is 5.97 Å². The molecule has 1 unspecified atom stereocenters. The molecule has 0 heterocycles. The van der Waals surface area contributed by atoms with Gasteiger partial charge in [-0.3, -0.25) is 4.79 Å². The van der Waals surface area contributed by atoms with Gasteiger partial charge in [0.1, 0.15) is 6.04 Å². The molecular weight excluding hydrogens is 146 g/mol. The highest BCUT2D eigenvalue weighted by molar-refractivity contribution is 5.73. The third-order valence-corrected chi connectivity index (χ3v) is 2.28. The van der Waals surface area contributed by atoms with E-state index in [0.717, 1.165) is 12.8 Å². The van der Waals surface area contributed by atoms with Gasteiger partial charge in [0.15, 0.2) is 0 Å². The topological polar surface area (TPSA) is 83.6 Å². The lowest BCUT2D eigenvalue weighted by Gasteiger charge is -2.17. The molecule has 1 aliphatic carbocycles. The molecule has 0 aromatic carbocycles. The third kappa shape index (κ3) is 1.70. The number of aliphatic hydroxyl groups excluding tert-OH is 1. The molecule has 0 aromatic rings. The fourth-order valence-corrected chi connectivity index (χ4v) is 1.57. The molecule has 1 fully saturated rings. The van der Waals surface area contributed by atoms with Crippen LogP contribution in [0.15, 0.2) is 0 Å². The van der Waals surface area contributed by atoms with Gasteiger partial charge in [0.25, 0.3) is 0 Å². The van der Waals surface area contributed by atoms with Crippen LogP contribution in [0.2, 0.25) is 0 Å². The monoisotopic (exact) mass is 159 g/mol. The van der Waals surface area contributed by atoms with Crippen LogP contribution in [0.4, 0.5) is 0 Å². The Balaban J connectivity index is 2.52. The third-order valence-electron chi connectivity index (χ3n) is 2.28. The Morgan fingerprint density at radius 1 is 1.55 bits per heavy atom. The largest absolute Gasteiger partial charge is 0.480 e. The molecule has 0 saturated heterocycles.